The molecule has 1 atom stereocenters. The van der Waals surface area contributed by atoms with Gasteiger partial charge in [0.15, 0.2) is 11.5 Å². The number of nitrogens with zero attached hydrogens (tertiary/aromatic N) is 1. The Morgan fingerprint density at radius 3 is 2.13 bits per heavy atom. The van der Waals surface area contributed by atoms with Gasteiger partial charge in [0.2, 0.25) is 5.75 Å². The number of ether oxygens (including phenoxy) is 3. The van der Waals surface area contributed by atoms with Gasteiger partial charge in [0.1, 0.15) is 6.17 Å². The van der Waals surface area contributed by atoms with Crippen LogP contribution in [-0.2, 0) is 0 Å². The van der Waals surface area contributed by atoms with E-state index in [9.17, 15) is 4.79 Å². The Morgan fingerprint density at radius 2 is 1.53 bits per heavy atom. The third kappa shape index (κ3) is 3.45. The average molecular weight is 469 g/mol. The van der Waals surface area contributed by atoms with E-state index in [4.69, 9.17) is 14.2 Å². The summed E-state index contributed by atoms with van der Waals surface area (Å²) in [5.74, 6) is 1.46. The molecule has 1 aliphatic rings. The molecule has 1 heterocycles. The Kier molecular flexibility index (Phi) is 5.55. The zero-order valence-electron chi connectivity index (χ0n) is 16.8. The number of benzene rings is 3. The lowest BCUT2D eigenvalue weighted by molar-refractivity contribution is 0.0975. The summed E-state index contributed by atoms with van der Waals surface area (Å²) in [6, 6.07) is 18.8. The number of rotatable bonds is 5. The van der Waals surface area contributed by atoms with Gasteiger partial charge in [-0.05, 0) is 48.5 Å². The van der Waals surface area contributed by atoms with Crippen LogP contribution in [-0.4, -0.2) is 27.2 Å². The maximum atomic E-state index is 13.5. The predicted molar refractivity (Wildman–Crippen MR) is 120 cm³/mol. The van der Waals surface area contributed by atoms with Gasteiger partial charge in [-0.2, -0.15) is 0 Å². The Balaban J connectivity index is 1.89. The van der Waals surface area contributed by atoms with Crippen molar-refractivity contribution in [3.05, 3.63) is 76.3 Å². The van der Waals surface area contributed by atoms with E-state index in [2.05, 4.69) is 21.2 Å². The fraction of sp³-hybridized carbons (Fsp3) is 0.174. The zero-order valence-corrected chi connectivity index (χ0v) is 18.4. The highest BCUT2D eigenvalue weighted by molar-refractivity contribution is 9.10. The number of halogens is 1. The first kappa shape index (κ1) is 20.1. The first-order valence-corrected chi connectivity index (χ1v) is 10.1. The molecule has 1 unspecified atom stereocenters. The average Bonchev–Trinajstić information content (AvgIpc) is 2.78. The minimum absolute atomic E-state index is 0.0922. The van der Waals surface area contributed by atoms with Gasteiger partial charge in [-0.25, -0.2) is 0 Å². The Hall–Kier alpha value is -3.19. The molecule has 154 valence electrons. The lowest BCUT2D eigenvalue weighted by Gasteiger charge is -2.38. The summed E-state index contributed by atoms with van der Waals surface area (Å²) in [5, 5.41) is 3.49. The van der Waals surface area contributed by atoms with Gasteiger partial charge < -0.3 is 19.5 Å². The standard InChI is InChI=1S/C23H21BrN2O4/c1-28-19-12-14(13-20(29-2)21(19)30-3)22-25-18-7-5-4-6-17(18)23(27)26(22)16-10-8-15(24)9-11-16/h4-13,22,25H,1-3H3. The summed E-state index contributed by atoms with van der Waals surface area (Å²) in [6.45, 7) is 0. The molecule has 0 saturated carbocycles. The van der Waals surface area contributed by atoms with Crippen molar-refractivity contribution in [3.8, 4) is 17.2 Å². The van der Waals surface area contributed by atoms with Gasteiger partial charge in [-0.1, -0.05) is 28.1 Å². The Bertz CT molecular complexity index is 1060. The van der Waals surface area contributed by atoms with E-state index in [1.165, 1.54) is 0 Å². The molecule has 0 saturated heterocycles. The molecule has 3 aromatic carbocycles. The summed E-state index contributed by atoms with van der Waals surface area (Å²) in [5.41, 5.74) is 2.96. The van der Waals surface area contributed by atoms with Crippen molar-refractivity contribution < 1.29 is 19.0 Å². The van der Waals surface area contributed by atoms with Crippen LogP contribution < -0.4 is 24.4 Å². The maximum Gasteiger partial charge on any atom is 0.262 e. The molecule has 3 aromatic rings. The molecule has 1 amide bonds. The maximum absolute atomic E-state index is 13.5. The SMILES string of the molecule is COc1cc(C2Nc3ccccc3C(=O)N2c2ccc(Br)cc2)cc(OC)c1OC. The number of methoxy groups -OCH3 is 3. The molecule has 6 nitrogen and oxygen atoms in total. The van der Waals surface area contributed by atoms with E-state index in [0.717, 1.165) is 21.4 Å². The molecule has 0 aromatic heterocycles. The normalized spacial score (nSPS) is 15.3. The summed E-state index contributed by atoms with van der Waals surface area (Å²) < 4.78 is 17.4. The van der Waals surface area contributed by atoms with Gasteiger partial charge in [0, 0.05) is 21.4 Å². The minimum atomic E-state index is -0.470. The number of amides is 1. The molecule has 0 spiro atoms. The molecular weight excluding hydrogens is 448 g/mol. The molecule has 0 aliphatic carbocycles. The number of nitrogens with one attached hydrogen (secondary N) is 1. The molecule has 1 N–H and O–H groups in total. The van der Waals surface area contributed by atoms with Crippen LogP contribution in [0.4, 0.5) is 11.4 Å². The highest BCUT2D eigenvalue weighted by Crippen LogP contribution is 2.43. The number of hydrogen-bond donors (Lipinski definition) is 1. The molecular formula is C23H21BrN2O4. The predicted octanol–water partition coefficient (Wildman–Crippen LogP) is 5.25. The monoisotopic (exact) mass is 468 g/mol. The summed E-state index contributed by atoms with van der Waals surface area (Å²) in [4.78, 5) is 15.2. The van der Waals surface area contributed by atoms with E-state index >= 15 is 0 Å². The van der Waals surface area contributed by atoms with Crippen molar-refractivity contribution >= 4 is 33.2 Å². The third-order valence-corrected chi connectivity index (χ3v) is 5.56. The van der Waals surface area contributed by atoms with Crippen molar-refractivity contribution in [1.29, 1.82) is 0 Å². The van der Waals surface area contributed by atoms with Crippen LogP contribution in [0, 0.1) is 0 Å². The highest BCUT2D eigenvalue weighted by atomic mass is 79.9. The number of carbonyl (C=O) groups excluding carboxylic acids is 1. The molecule has 0 radical (unpaired) electrons. The van der Waals surface area contributed by atoms with Crippen molar-refractivity contribution in [2.24, 2.45) is 0 Å². The van der Waals surface area contributed by atoms with E-state index in [1.807, 2.05) is 60.7 Å². The van der Waals surface area contributed by atoms with Gasteiger partial charge in [-0.15, -0.1) is 0 Å². The number of hydrogen-bond acceptors (Lipinski definition) is 5. The number of fused-ring (bicyclic) bond motifs is 1. The van der Waals surface area contributed by atoms with Crippen LogP contribution in [0.3, 0.4) is 0 Å². The van der Waals surface area contributed by atoms with Gasteiger partial charge in [0.05, 0.1) is 26.9 Å². The number of para-hydroxylation sites is 1. The molecule has 7 heteroatoms. The molecule has 30 heavy (non-hydrogen) atoms. The fourth-order valence-corrected chi connectivity index (χ4v) is 3.88. The molecule has 1 aliphatic heterocycles. The van der Waals surface area contributed by atoms with Crippen LogP contribution in [0.15, 0.2) is 65.1 Å². The molecule has 0 bridgehead atoms. The Morgan fingerprint density at radius 1 is 0.900 bits per heavy atom. The van der Waals surface area contributed by atoms with Gasteiger partial charge in [-0.3, -0.25) is 9.69 Å². The Labute approximate surface area is 183 Å². The van der Waals surface area contributed by atoms with Crippen molar-refractivity contribution in [2.75, 3.05) is 31.5 Å². The summed E-state index contributed by atoms with van der Waals surface area (Å²) in [7, 11) is 4.71. The third-order valence-electron chi connectivity index (χ3n) is 5.03. The number of carbonyl (C=O) groups is 1. The topological polar surface area (TPSA) is 60.0 Å². The lowest BCUT2D eigenvalue weighted by atomic mass is 10.0. The quantitative estimate of drug-likeness (QED) is 0.554. The summed E-state index contributed by atoms with van der Waals surface area (Å²) >= 11 is 3.46. The smallest absolute Gasteiger partial charge is 0.262 e. The van der Waals surface area contributed by atoms with Gasteiger partial charge in [0.25, 0.3) is 5.91 Å². The second kappa shape index (κ2) is 8.28. The van der Waals surface area contributed by atoms with Crippen molar-refractivity contribution in [2.45, 2.75) is 6.17 Å². The van der Waals surface area contributed by atoms with Crippen LogP contribution >= 0.6 is 15.9 Å². The van der Waals surface area contributed by atoms with E-state index in [-0.39, 0.29) is 5.91 Å². The van der Waals surface area contributed by atoms with E-state index in [1.54, 1.807) is 26.2 Å². The van der Waals surface area contributed by atoms with E-state index in [0.29, 0.717) is 22.8 Å². The summed E-state index contributed by atoms with van der Waals surface area (Å²) in [6.07, 6.45) is -0.470. The van der Waals surface area contributed by atoms with Gasteiger partial charge >= 0.3 is 0 Å². The lowest BCUT2D eigenvalue weighted by Crippen LogP contribution is -2.43. The largest absolute Gasteiger partial charge is 0.493 e. The van der Waals surface area contributed by atoms with Crippen molar-refractivity contribution in [1.82, 2.24) is 0 Å². The second-order valence-electron chi connectivity index (χ2n) is 6.70. The molecule has 4 rings (SSSR count). The molecule has 0 fully saturated rings. The van der Waals surface area contributed by atoms with Crippen molar-refractivity contribution in [3.63, 3.8) is 0 Å². The van der Waals surface area contributed by atoms with Crippen LogP contribution in [0.25, 0.3) is 0 Å². The first-order valence-electron chi connectivity index (χ1n) is 9.32. The van der Waals surface area contributed by atoms with Crippen LogP contribution in [0.5, 0.6) is 17.2 Å². The van der Waals surface area contributed by atoms with E-state index < -0.39 is 6.17 Å². The second-order valence-corrected chi connectivity index (χ2v) is 7.62. The zero-order chi connectivity index (χ0) is 21.3. The van der Waals surface area contributed by atoms with Crippen LogP contribution in [0.1, 0.15) is 22.1 Å². The minimum Gasteiger partial charge on any atom is -0.493 e. The highest BCUT2D eigenvalue weighted by Gasteiger charge is 2.35. The first-order chi connectivity index (χ1) is 14.6. The van der Waals surface area contributed by atoms with Crippen LogP contribution in [0.2, 0.25) is 0 Å². The fourth-order valence-electron chi connectivity index (χ4n) is 3.61. The number of anilines is 2.